The standard InChI is InChI=1S/C23H25NO/c1-24-17-8-6-9-18(24)15-23(25,14-17)22-13-16-7-2-3-10-19(16)20-11-4-5-12-21(20)22/h2-5,7,10-13,17-18,25H,6,8-9,14-15H2,1H3. The summed E-state index contributed by atoms with van der Waals surface area (Å²) in [6.45, 7) is 0. The maximum absolute atomic E-state index is 11.8. The Kier molecular flexibility index (Phi) is 3.41. The number of nitrogens with zero attached hydrogens (tertiary/aromatic N) is 1. The van der Waals surface area contributed by atoms with Gasteiger partial charge in [0.15, 0.2) is 0 Å². The smallest absolute Gasteiger partial charge is 0.0932 e. The van der Waals surface area contributed by atoms with E-state index in [0.717, 1.165) is 18.4 Å². The fourth-order valence-corrected chi connectivity index (χ4v) is 5.31. The summed E-state index contributed by atoms with van der Waals surface area (Å²) < 4.78 is 0. The minimum absolute atomic E-state index is 0.503. The van der Waals surface area contributed by atoms with Crippen molar-refractivity contribution in [1.29, 1.82) is 0 Å². The van der Waals surface area contributed by atoms with Gasteiger partial charge in [0.1, 0.15) is 0 Å². The third-order valence-electron chi connectivity index (χ3n) is 6.64. The van der Waals surface area contributed by atoms with Gasteiger partial charge in [-0.2, -0.15) is 0 Å². The van der Waals surface area contributed by atoms with Gasteiger partial charge in [0.05, 0.1) is 5.60 Å². The number of aliphatic hydroxyl groups is 1. The van der Waals surface area contributed by atoms with Crippen molar-refractivity contribution in [2.45, 2.75) is 49.8 Å². The van der Waals surface area contributed by atoms with E-state index in [0.29, 0.717) is 12.1 Å². The minimum atomic E-state index is -0.716. The summed E-state index contributed by atoms with van der Waals surface area (Å²) in [5.41, 5.74) is 0.415. The first-order valence-electron chi connectivity index (χ1n) is 9.51. The molecule has 25 heavy (non-hydrogen) atoms. The highest BCUT2D eigenvalue weighted by Gasteiger charge is 2.45. The Balaban J connectivity index is 1.74. The van der Waals surface area contributed by atoms with Crippen LogP contribution in [0.3, 0.4) is 0 Å². The molecule has 2 saturated heterocycles. The van der Waals surface area contributed by atoms with Crippen molar-refractivity contribution in [3.05, 3.63) is 60.2 Å². The number of fused-ring (bicyclic) bond motifs is 5. The van der Waals surface area contributed by atoms with Crippen LogP contribution in [-0.2, 0) is 5.60 Å². The first-order valence-corrected chi connectivity index (χ1v) is 9.51. The zero-order chi connectivity index (χ0) is 17.0. The fraction of sp³-hybridized carbons (Fsp3) is 0.391. The number of benzene rings is 3. The lowest BCUT2D eigenvalue weighted by molar-refractivity contribution is -0.0865. The highest BCUT2D eigenvalue weighted by atomic mass is 16.3. The predicted molar refractivity (Wildman–Crippen MR) is 104 cm³/mol. The Morgan fingerprint density at radius 3 is 2.20 bits per heavy atom. The zero-order valence-corrected chi connectivity index (χ0v) is 14.8. The molecule has 3 aromatic carbocycles. The maximum Gasteiger partial charge on any atom is 0.0932 e. The van der Waals surface area contributed by atoms with Gasteiger partial charge in [-0.1, -0.05) is 55.0 Å². The Bertz CT molecular complexity index is 933. The molecule has 2 heteroatoms. The average Bonchev–Trinajstić information content (AvgIpc) is 2.62. The predicted octanol–water partition coefficient (Wildman–Crippen LogP) is 4.83. The topological polar surface area (TPSA) is 23.5 Å². The molecule has 2 aliphatic heterocycles. The van der Waals surface area contributed by atoms with Crippen molar-refractivity contribution in [2.24, 2.45) is 0 Å². The Labute approximate surface area is 149 Å². The van der Waals surface area contributed by atoms with Crippen LogP contribution in [0.5, 0.6) is 0 Å². The second-order valence-corrected chi connectivity index (χ2v) is 8.03. The first-order chi connectivity index (χ1) is 12.2. The molecule has 5 rings (SSSR count). The Morgan fingerprint density at radius 2 is 1.48 bits per heavy atom. The fourth-order valence-electron chi connectivity index (χ4n) is 5.31. The summed E-state index contributed by atoms with van der Waals surface area (Å²) >= 11 is 0. The van der Waals surface area contributed by atoms with Crippen LogP contribution in [0.1, 0.15) is 37.7 Å². The largest absolute Gasteiger partial charge is 0.385 e. The summed E-state index contributed by atoms with van der Waals surface area (Å²) in [6.07, 6.45) is 5.42. The van der Waals surface area contributed by atoms with Crippen LogP contribution in [0.2, 0.25) is 0 Å². The molecule has 2 fully saturated rings. The zero-order valence-electron chi connectivity index (χ0n) is 14.8. The van der Waals surface area contributed by atoms with E-state index in [2.05, 4.69) is 66.5 Å². The van der Waals surface area contributed by atoms with Crippen LogP contribution in [0.15, 0.2) is 54.6 Å². The van der Waals surface area contributed by atoms with Gasteiger partial charge in [-0.25, -0.2) is 0 Å². The molecular weight excluding hydrogens is 306 g/mol. The average molecular weight is 331 g/mol. The molecule has 128 valence electrons. The monoisotopic (exact) mass is 331 g/mol. The van der Waals surface area contributed by atoms with Gasteiger partial charge in [0.25, 0.3) is 0 Å². The van der Waals surface area contributed by atoms with Crippen LogP contribution >= 0.6 is 0 Å². The maximum atomic E-state index is 11.8. The van der Waals surface area contributed by atoms with Crippen LogP contribution < -0.4 is 0 Å². The summed E-state index contributed by atoms with van der Waals surface area (Å²) in [6, 6.07) is 20.4. The van der Waals surface area contributed by atoms with E-state index in [4.69, 9.17) is 0 Å². The van der Waals surface area contributed by atoms with E-state index in [1.807, 2.05) is 0 Å². The Hall–Kier alpha value is -1.90. The van der Waals surface area contributed by atoms with Crippen LogP contribution in [0.25, 0.3) is 21.5 Å². The van der Waals surface area contributed by atoms with Gasteiger partial charge >= 0.3 is 0 Å². The summed E-state index contributed by atoms with van der Waals surface area (Å²) in [7, 11) is 2.24. The summed E-state index contributed by atoms with van der Waals surface area (Å²) in [4.78, 5) is 2.52. The molecule has 0 saturated carbocycles. The van der Waals surface area contributed by atoms with Gasteiger partial charge in [-0.05, 0) is 65.9 Å². The molecule has 0 spiro atoms. The molecule has 0 amide bonds. The third kappa shape index (κ3) is 2.32. The number of piperidine rings is 2. The molecule has 2 aliphatic rings. The molecule has 3 aromatic rings. The van der Waals surface area contributed by atoms with Crippen molar-refractivity contribution >= 4 is 21.5 Å². The van der Waals surface area contributed by atoms with Crippen LogP contribution in [0.4, 0.5) is 0 Å². The number of hydrogen-bond donors (Lipinski definition) is 1. The van der Waals surface area contributed by atoms with E-state index in [9.17, 15) is 5.11 Å². The molecular formula is C23H25NO. The molecule has 2 nitrogen and oxygen atoms in total. The van der Waals surface area contributed by atoms with Crippen molar-refractivity contribution < 1.29 is 5.11 Å². The van der Waals surface area contributed by atoms with Crippen LogP contribution in [-0.4, -0.2) is 29.1 Å². The molecule has 2 unspecified atom stereocenters. The van der Waals surface area contributed by atoms with E-state index < -0.39 is 5.60 Å². The van der Waals surface area contributed by atoms with Crippen molar-refractivity contribution in [1.82, 2.24) is 4.90 Å². The number of rotatable bonds is 1. The highest BCUT2D eigenvalue weighted by molar-refractivity contribution is 6.09. The number of hydrogen-bond acceptors (Lipinski definition) is 2. The summed E-state index contributed by atoms with van der Waals surface area (Å²) in [5.74, 6) is 0. The van der Waals surface area contributed by atoms with Gasteiger partial charge in [-0.15, -0.1) is 0 Å². The quantitative estimate of drug-likeness (QED) is 0.646. The van der Waals surface area contributed by atoms with E-state index in [1.165, 1.54) is 40.8 Å². The van der Waals surface area contributed by atoms with E-state index in [1.54, 1.807) is 0 Å². The first kappa shape index (κ1) is 15.4. The molecule has 2 bridgehead atoms. The van der Waals surface area contributed by atoms with E-state index in [-0.39, 0.29) is 0 Å². The van der Waals surface area contributed by atoms with Gasteiger partial charge in [0, 0.05) is 12.1 Å². The molecule has 2 atom stereocenters. The Morgan fingerprint density at radius 1 is 0.880 bits per heavy atom. The summed E-state index contributed by atoms with van der Waals surface area (Å²) in [5, 5.41) is 16.8. The van der Waals surface area contributed by atoms with Gasteiger partial charge < -0.3 is 10.0 Å². The van der Waals surface area contributed by atoms with E-state index >= 15 is 0 Å². The lowest BCUT2D eigenvalue weighted by Gasteiger charge is -2.51. The lowest BCUT2D eigenvalue weighted by atomic mass is 9.71. The molecule has 0 aliphatic carbocycles. The normalized spacial score (nSPS) is 30.0. The SMILES string of the molecule is CN1C2CCCC1CC(O)(c1cc3ccccc3c3ccccc13)C2. The minimum Gasteiger partial charge on any atom is -0.385 e. The molecule has 1 N–H and O–H groups in total. The lowest BCUT2D eigenvalue weighted by Crippen LogP contribution is -2.55. The van der Waals surface area contributed by atoms with Crippen molar-refractivity contribution in [2.75, 3.05) is 7.05 Å². The highest BCUT2D eigenvalue weighted by Crippen LogP contribution is 2.46. The second-order valence-electron chi connectivity index (χ2n) is 8.03. The van der Waals surface area contributed by atoms with Crippen LogP contribution in [0, 0.1) is 0 Å². The third-order valence-corrected chi connectivity index (χ3v) is 6.64. The second kappa shape index (κ2) is 5.55. The van der Waals surface area contributed by atoms with Gasteiger partial charge in [-0.3, -0.25) is 0 Å². The molecule has 2 heterocycles. The molecule has 0 radical (unpaired) electrons. The van der Waals surface area contributed by atoms with Crippen molar-refractivity contribution in [3.63, 3.8) is 0 Å². The molecule has 0 aromatic heterocycles. The van der Waals surface area contributed by atoms with Crippen molar-refractivity contribution in [3.8, 4) is 0 Å². The van der Waals surface area contributed by atoms with Gasteiger partial charge in [0.2, 0.25) is 0 Å².